The molecule has 1 aliphatic rings. The maximum Gasteiger partial charge on any atom is 0.417 e. The Morgan fingerprint density at radius 1 is 1.44 bits per heavy atom. The molecule has 1 aromatic heterocycles. The summed E-state index contributed by atoms with van der Waals surface area (Å²) in [5.74, 6) is -0.0248. The molecule has 2 rings (SSSR count). The van der Waals surface area contributed by atoms with Crippen LogP contribution < -0.4 is 0 Å². The van der Waals surface area contributed by atoms with Crippen molar-refractivity contribution < 1.29 is 18.0 Å². The van der Waals surface area contributed by atoms with E-state index in [1.807, 2.05) is 13.8 Å². The molecule has 1 amide bonds. The van der Waals surface area contributed by atoms with E-state index in [0.29, 0.717) is 12.0 Å². The van der Waals surface area contributed by atoms with Gasteiger partial charge in [0.25, 0.3) is 0 Å². The van der Waals surface area contributed by atoms with Crippen molar-refractivity contribution in [2.45, 2.75) is 26.4 Å². The fourth-order valence-corrected chi connectivity index (χ4v) is 2.96. The average molecular weight is 371 g/mol. The number of pyridine rings is 1. The number of hydrogen-bond acceptors (Lipinski definition) is 2. The maximum atomic E-state index is 12.8. The second-order valence-corrected chi connectivity index (χ2v) is 6.88. The quantitative estimate of drug-likeness (QED) is 0.694. The molecule has 0 saturated carbocycles. The molecule has 3 nitrogen and oxygen atoms in total. The highest BCUT2D eigenvalue weighted by Crippen LogP contribution is 2.39. The molecule has 0 radical (unpaired) electrons. The number of likely N-dealkylation sites (tertiary alicyclic amines) is 1. The van der Waals surface area contributed by atoms with Crippen molar-refractivity contribution in [1.29, 1.82) is 0 Å². The Kier molecular flexibility index (Phi) is 5.14. The van der Waals surface area contributed by atoms with Crippen LogP contribution in [0.2, 0.25) is 5.02 Å². The molecular weight excluding hydrogens is 353 g/mol. The summed E-state index contributed by atoms with van der Waals surface area (Å²) < 4.78 is 38.3. The number of carbonyl (C=O) groups is 1. The van der Waals surface area contributed by atoms with Crippen LogP contribution in [0, 0.1) is 5.41 Å². The molecule has 0 spiro atoms. The number of halogens is 4. The first-order valence-corrected chi connectivity index (χ1v) is 7.89. The Morgan fingerprint density at radius 2 is 2.08 bits per heavy atom. The summed E-state index contributed by atoms with van der Waals surface area (Å²) in [4.78, 5) is 17.6. The summed E-state index contributed by atoms with van der Waals surface area (Å²) in [6.45, 7) is 7.29. The number of hydrogen-bond donors (Lipinski definition) is 0. The molecule has 25 heavy (non-hydrogen) atoms. The van der Waals surface area contributed by atoms with Crippen LogP contribution in [0.25, 0.3) is 5.57 Å². The molecule has 0 atom stereocenters. The zero-order valence-corrected chi connectivity index (χ0v) is 14.9. The van der Waals surface area contributed by atoms with Gasteiger partial charge < -0.3 is 4.90 Å². The van der Waals surface area contributed by atoms with Crippen molar-refractivity contribution in [3.8, 4) is 0 Å². The lowest BCUT2D eigenvalue weighted by molar-refractivity contribution is -0.137. The third-order valence-electron chi connectivity index (χ3n) is 4.00. The minimum Gasteiger partial charge on any atom is -0.319 e. The van der Waals surface area contributed by atoms with Gasteiger partial charge in [0, 0.05) is 36.4 Å². The molecule has 1 saturated heterocycles. The van der Waals surface area contributed by atoms with Crippen molar-refractivity contribution in [3.05, 3.63) is 59.0 Å². The summed E-state index contributed by atoms with van der Waals surface area (Å²) in [7, 11) is 1.66. The number of carbonyl (C=O) groups excluding carboxylic acids is 1. The van der Waals surface area contributed by atoms with Crippen LogP contribution in [-0.2, 0) is 11.0 Å². The average Bonchev–Trinajstić information content (AvgIpc) is 2.69. The first-order valence-electron chi connectivity index (χ1n) is 7.52. The number of amides is 1. The molecule has 1 aliphatic heterocycles. The number of nitrogens with zero attached hydrogens (tertiary/aromatic N) is 2. The molecule has 2 heterocycles. The standard InChI is InChI=1S/C18H18ClF3N2O/c1-5-6-11(7-13-9-17(2,3)16(25)24(13)4)15-14(19)8-12(10-23-15)18(20,21)22/h5-8,10H,1,9H2,2-4H3/b11-6+,13-7+. The largest absolute Gasteiger partial charge is 0.417 e. The second kappa shape index (κ2) is 6.67. The van der Waals surface area contributed by atoms with Crippen LogP contribution >= 0.6 is 11.6 Å². The van der Waals surface area contributed by atoms with E-state index in [0.717, 1.165) is 18.0 Å². The first kappa shape index (κ1) is 19.2. The second-order valence-electron chi connectivity index (χ2n) is 6.47. The predicted molar refractivity (Wildman–Crippen MR) is 91.7 cm³/mol. The number of allylic oxidation sites excluding steroid dienone is 5. The van der Waals surface area contributed by atoms with Crippen LogP contribution in [0.5, 0.6) is 0 Å². The van der Waals surface area contributed by atoms with Gasteiger partial charge >= 0.3 is 6.18 Å². The van der Waals surface area contributed by atoms with E-state index in [4.69, 9.17) is 11.6 Å². The fraction of sp³-hybridized carbons (Fsp3) is 0.333. The Bertz CT molecular complexity index is 779. The maximum absolute atomic E-state index is 12.8. The lowest BCUT2D eigenvalue weighted by atomic mass is 9.91. The summed E-state index contributed by atoms with van der Waals surface area (Å²) in [6, 6.07) is 0.840. The first-order chi connectivity index (χ1) is 11.5. The monoisotopic (exact) mass is 370 g/mol. The molecule has 1 aromatic rings. The van der Waals surface area contributed by atoms with Gasteiger partial charge in [0.1, 0.15) is 0 Å². The lowest BCUT2D eigenvalue weighted by Gasteiger charge is -2.14. The Morgan fingerprint density at radius 3 is 2.52 bits per heavy atom. The Labute approximate surface area is 149 Å². The summed E-state index contributed by atoms with van der Waals surface area (Å²) >= 11 is 6.03. The third kappa shape index (κ3) is 3.95. The zero-order valence-electron chi connectivity index (χ0n) is 14.1. The normalized spacial score (nSPS) is 19.6. The van der Waals surface area contributed by atoms with Crippen molar-refractivity contribution >= 4 is 23.1 Å². The van der Waals surface area contributed by atoms with Crippen LogP contribution in [0.15, 0.2) is 42.8 Å². The van der Waals surface area contributed by atoms with E-state index in [9.17, 15) is 18.0 Å². The van der Waals surface area contributed by atoms with E-state index in [-0.39, 0.29) is 16.6 Å². The highest BCUT2D eigenvalue weighted by molar-refractivity contribution is 6.32. The van der Waals surface area contributed by atoms with E-state index < -0.39 is 17.2 Å². The third-order valence-corrected chi connectivity index (χ3v) is 4.29. The van der Waals surface area contributed by atoms with Gasteiger partial charge in [-0.15, -0.1) is 0 Å². The zero-order chi connectivity index (χ0) is 19.0. The lowest BCUT2D eigenvalue weighted by Crippen LogP contribution is -2.26. The molecule has 0 unspecified atom stereocenters. The van der Waals surface area contributed by atoms with Gasteiger partial charge in [0.15, 0.2) is 0 Å². The van der Waals surface area contributed by atoms with Crippen molar-refractivity contribution in [2.24, 2.45) is 5.41 Å². The number of alkyl halides is 3. The van der Waals surface area contributed by atoms with Gasteiger partial charge in [-0.05, 0) is 12.1 Å². The molecule has 7 heteroatoms. The molecule has 0 bridgehead atoms. The highest BCUT2D eigenvalue weighted by atomic mass is 35.5. The molecule has 0 aliphatic carbocycles. The summed E-state index contributed by atoms with van der Waals surface area (Å²) in [5.41, 5.74) is -0.0206. The minimum absolute atomic E-state index is 0.0248. The molecular formula is C18H18ClF3N2O. The summed E-state index contributed by atoms with van der Waals surface area (Å²) in [5, 5.41) is -0.119. The SMILES string of the molecule is C=C/C=C(\C=C1/CC(C)(C)C(=O)N1C)c1ncc(C(F)(F)F)cc1Cl. The van der Waals surface area contributed by atoms with Crippen LogP contribution in [0.1, 0.15) is 31.5 Å². The van der Waals surface area contributed by atoms with Crippen molar-refractivity contribution in [1.82, 2.24) is 9.88 Å². The Hall–Kier alpha value is -2.08. The van der Waals surface area contributed by atoms with E-state index in [1.165, 1.54) is 11.0 Å². The van der Waals surface area contributed by atoms with Gasteiger partial charge in [0.2, 0.25) is 5.91 Å². The van der Waals surface area contributed by atoms with Gasteiger partial charge in [-0.2, -0.15) is 13.2 Å². The van der Waals surface area contributed by atoms with Gasteiger partial charge in [-0.3, -0.25) is 9.78 Å². The molecule has 0 N–H and O–H groups in total. The van der Waals surface area contributed by atoms with E-state index >= 15 is 0 Å². The van der Waals surface area contributed by atoms with Gasteiger partial charge in [-0.1, -0.05) is 44.2 Å². The van der Waals surface area contributed by atoms with Crippen LogP contribution in [0.4, 0.5) is 13.2 Å². The number of rotatable bonds is 3. The van der Waals surface area contributed by atoms with Crippen LogP contribution in [0.3, 0.4) is 0 Å². The van der Waals surface area contributed by atoms with Crippen LogP contribution in [-0.4, -0.2) is 22.8 Å². The number of aromatic nitrogens is 1. The summed E-state index contributed by atoms with van der Waals surface area (Å²) in [6.07, 6.45) is 1.52. The smallest absolute Gasteiger partial charge is 0.319 e. The Balaban J connectivity index is 2.48. The molecule has 1 fully saturated rings. The van der Waals surface area contributed by atoms with Crippen molar-refractivity contribution in [2.75, 3.05) is 7.05 Å². The van der Waals surface area contributed by atoms with E-state index in [1.54, 1.807) is 19.2 Å². The fourth-order valence-electron chi connectivity index (χ4n) is 2.69. The van der Waals surface area contributed by atoms with Gasteiger partial charge in [-0.25, -0.2) is 0 Å². The van der Waals surface area contributed by atoms with Gasteiger partial charge in [0.05, 0.1) is 16.3 Å². The highest BCUT2D eigenvalue weighted by Gasteiger charge is 2.40. The van der Waals surface area contributed by atoms with Crippen molar-refractivity contribution in [3.63, 3.8) is 0 Å². The molecule has 134 valence electrons. The molecule has 0 aromatic carbocycles. The predicted octanol–water partition coefficient (Wildman–Crippen LogP) is 5.10. The topological polar surface area (TPSA) is 33.2 Å². The minimum atomic E-state index is -4.52. The van der Waals surface area contributed by atoms with E-state index in [2.05, 4.69) is 11.6 Å².